The molecule has 100 valence electrons. The Morgan fingerprint density at radius 3 is 2.94 bits per heavy atom. The van der Waals surface area contributed by atoms with E-state index in [-0.39, 0.29) is 18.1 Å². The molecule has 0 bridgehead atoms. The largest absolute Gasteiger partial charge is 0.376 e. The summed E-state index contributed by atoms with van der Waals surface area (Å²) in [5.41, 5.74) is 0. The van der Waals surface area contributed by atoms with Gasteiger partial charge >= 0.3 is 0 Å². The zero-order valence-corrected chi connectivity index (χ0v) is 11.4. The lowest BCUT2D eigenvalue weighted by Crippen LogP contribution is -2.45. The smallest absolute Gasteiger partial charge is 0.237 e. The minimum absolute atomic E-state index is 0.0528. The van der Waals surface area contributed by atoms with Crippen molar-refractivity contribution in [3.8, 4) is 0 Å². The van der Waals surface area contributed by atoms with Crippen molar-refractivity contribution < 1.29 is 9.53 Å². The highest BCUT2D eigenvalue weighted by atomic mass is 16.5. The summed E-state index contributed by atoms with van der Waals surface area (Å²) in [7, 11) is 2.01. The van der Waals surface area contributed by atoms with E-state index in [1.807, 2.05) is 14.0 Å². The molecule has 0 spiro atoms. The summed E-state index contributed by atoms with van der Waals surface area (Å²) in [6.45, 7) is 6.60. The predicted molar refractivity (Wildman–Crippen MR) is 69.0 cm³/mol. The van der Waals surface area contributed by atoms with Crippen molar-refractivity contribution in [3.63, 3.8) is 0 Å². The first-order chi connectivity index (χ1) is 8.15. The minimum Gasteiger partial charge on any atom is -0.376 e. The van der Waals surface area contributed by atoms with E-state index in [0.29, 0.717) is 6.54 Å². The topological polar surface area (TPSA) is 41.6 Å². The van der Waals surface area contributed by atoms with Gasteiger partial charge in [-0.05, 0) is 39.8 Å². The molecule has 0 radical (unpaired) electrons. The highest BCUT2D eigenvalue weighted by molar-refractivity contribution is 5.81. The van der Waals surface area contributed by atoms with E-state index >= 15 is 0 Å². The fraction of sp³-hybridized carbons (Fsp3) is 0.923. The van der Waals surface area contributed by atoms with Crippen LogP contribution in [0.5, 0.6) is 0 Å². The first-order valence-electron chi connectivity index (χ1n) is 6.74. The number of nitrogens with zero attached hydrogens (tertiary/aromatic N) is 1. The molecule has 0 aromatic carbocycles. The molecule has 1 aliphatic heterocycles. The number of hydrogen-bond acceptors (Lipinski definition) is 3. The molecule has 1 amide bonds. The normalized spacial score (nSPS) is 21.8. The molecule has 1 heterocycles. The van der Waals surface area contributed by atoms with Crippen LogP contribution in [0.4, 0.5) is 0 Å². The fourth-order valence-electron chi connectivity index (χ4n) is 1.97. The van der Waals surface area contributed by atoms with Crippen molar-refractivity contribution in [2.45, 2.75) is 51.7 Å². The zero-order valence-electron chi connectivity index (χ0n) is 11.4. The molecular weight excluding hydrogens is 216 g/mol. The van der Waals surface area contributed by atoms with Gasteiger partial charge in [0.15, 0.2) is 0 Å². The van der Waals surface area contributed by atoms with Crippen molar-refractivity contribution in [1.29, 1.82) is 0 Å². The van der Waals surface area contributed by atoms with Crippen LogP contribution in [0.3, 0.4) is 0 Å². The third kappa shape index (κ3) is 5.04. The third-order valence-corrected chi connectivity index (χ3v) is 3.43. The lowest BCUT2D eigenvalue weighted by Gasteiger charge is -2.24. The molecule has 4 nitrogen and oxygen atoms in total. The van der Waals surface area contributed by atoms with Gasteiger partial charge in [0.1, 0.15) is 0 Å². The maximum absolute atomic E-state index is 11.9. The Morgan fingerprint density at radius 1 is 1.59 bits per heavy atom. The van der Waals surface area contributed by atoms with Crippen LogP contribution in [-0.2, 0) is 9.53 Å². The molecule has 2 atom stereocenters. The average Bonchev–Trinajstić information content (AvgIpc) is 2.85. The molecule has 0 aliphatic carbocycles. The molecule has 1 fully saturated rings. The Morgan fingerprint density at radius 2 is 2.35 bits per heavy atom. The number of likely N-dealkylation sites (N-methyl/N-ethyl adjacent to an activating group) is 1. The summed E-state index contributed by atoms with van der Waals surface area (Å²) in [5.74, 6) is 0.110. The Labute approximate surface area is 105 Å². The van der Waals surface area contributed by atoms with Crippen LogP contribution in [0.25, 0.3) is 0 Å². The summed E-state index contributed by atoms with van der Waals surface area (Å²) in [4.78, 5) is 14.0. The Hall–Kier alpha value is -0.610. The maximum atomic E-state index is 11.9. The molecule has 1 rings (SSSR count). The van der Waals surface area contributed by atoms with Gasteiger partial charge in [-0.25, -0.2) is 0 Å². The van der Waals surface area contributed by atoms with E-state index in [1.54, 1.807) is 0 Å². The number of hydrogen-bond donors (Lipinski definition) is 1. The third-order valence-electron chi connectivity index (χ3n) is 3.43. The van der Waals surface area contributed by atoms with Gasteiger partial charge in [-0.15, -0.1) is 0 Å². The number of carbonyl (C=O) groups is 1. The van der Waals surface area contributed by atoms with E-state index in [9.17, 15) is 4.79 Å². The van der Waals surface area contributed by atoms with E-state index < -0.39 is 0 Å². The van der Waals surface area contributed by atoms with Gasteiger partial charge in [0.25, 0.3) is 0 Å². The Kier molecular flexibility index (Phi) is 6.52. The Bertz CT molecular complexity index is 227. The number of rotatable bonds is 7. The lowest BCUT2D eigenvalue weighted by atomic mass is 10.2. The zero-order chi connectivity index (χ0) is 12.7. The standard InChI is InChI=1S/C13H26N2O2/c1-4-5-8-15(3)11(2)13(16)14-10-12-7-6-9-17-12/h11-12H,4-10H2,1-3H3,(H,14,16). The number of ether oxygens (including phenoxy) is 1. The minimum atomic E-state index is -0.0528. The van der Waals surface area contributed by atoms with E-state index in [2.05, 4.69) is 17.1 Å². The van der Waals surface area contributed by atoms with Crippen LogP contribution in [0, 0.1) is 0 Å². The number of unbranched alkanes of at least 4 members (excludes halogenated alkanes) is 1. The quantitative estimate of drug-likeness (QED) is 0.734. The second-order valence-corrected chi connectivity index (χ2v) is 4.89. The van der Waals surface area contributed by atoms with Crippen LogP contribution in [-0.4, -0.2) is 49.7 Å². The van der Waals surface area contributed by atoms with Gasteiger partial charge in [0.05, 0.1) is 12.1 Å². The molecule has 1 N–H and O–H groups in total. The molecule has 4 heteroatoms. The van der Waals surface area contributed by atoms with Crippen LogP contribution in [0.15, 0.2) is 0 Å². The van der Waals surface area contributed by atoms with Gasteiger partial charge in [0, 0.05) is 13.2 Å². The first-order valence-corrected chi connectivity index (χ1v) is 6.74. The van der Waals surface area contributed by atoms with Crippen molar-refractivity contribution in [3.05, 3.63) is 0 Å². The summed E-state index contributed by atoms with van der Waals surface area (Å²) in [6, 6.07) is -0.0528. The van der Waals surface area contributed by atoms with Crippen molar-refractivity contribution >= 4 is 5.91 Å². The first kappa shape index (κ1) is 14.5. The Balaban J connectivity index is 2.20. The number of carbonyl (C=O) groups excluding carboxylic acids is 1. The summed E-state index contributed by atoms with van der Waals surface area (Å²) in [6.07, 6.45) is 4.72. The second-order valence-electron chi connectivity index (χ2n) is 4.89. The highest BCUT2D eigenvalue weighted by Crippen LogP contribution is 2.10. The summed E-state index contributed by atoms with van der Waals surface area (Å²) < 4.78 is 5.48. The fourth-order valence-corrected chi connectivity index (χ4v) is 1.97. The SMILES string of the molecule is CCCCN(C)C(C)C(=O)NCC1CCCO1. The van der Waals surface area contributed by atoms with Crippen LogP contribution in [0.2, 0.25) is 0 Å². The van der Waals surface area contributed by atoms with Gasteiger partial charge in [-0.1, -0.05) is 13.3 Å². The summed E-state index contributed by atoms with van der Waals surface area (Å²) in [5, 5.41) is 2.98. The average molecular weight is 242 g/mol. The van der Waals surface area contributed by atoms with Gasteiger partial charge in [-0.3, -0.25) is 9.69 Å². The molecule has 2 unspecified atom stereocenters. The molecule has 0 saturated carbocycles. The monoisotopic (exact) mass is 242 g/mol. The van der Waals surface area contributed by atoms with Gasteiger partial charge in [0.2, 0.25) is 5.91 Å². The van der Waals surface area contributed by atoms with Crippen LogP contribution < -0.4 is 5.32 Å². The molecule has 0 aromatic rings. The number of amides is 1. The van der Waals surface area contributed by atoms with Crippen molar-refractivity contribution in [2.24, 2.45) is 0 Å². The van der Waals surface area contributed by atoms with Crippen LogP contribution >= 0.6 is 0 Å². The van der Waals surface area contributed by atoms with E-state index in [0.717, 1.165) is 38.8 Å². The number of nitrogens with one attached hydrogen (secondary N) is 1. The molecule has 17 heavy (non-hydrogen) atoms. The molecular formula is C13H26N2O2. The lowest BCUT2D eigenvalue weighted by molar-refractivity contribution is -0.125. The molecule has 1 saturated heterocycles. The van der Waals surface area contributed by atoms with Crippen molar-refractivity contribution in [1.82, 2.24) is 10.2 Å². The summed E-state index contributed by atoms with van der Waals surface area (Å²) >= 11 is 0. The van der Waals surface area contributed by atoms with E-state index in [4.69, 9.17) is 4.74 Å². The van der Waals surface area contributed by atoms with Gasteiger partial charge in [-0.2, -0.15) is 0 Å². The highest BCUT2D eigenvalue weighted by Gasteiger charge is 2.20. The van der Waals surface area contributed by atoms with E-state index in [1.165, 1.54) is 0 Å². The second kappa shape index (κ2) is 7.67. The predicted octanol–water partition coefficient (Wildman–Crippen LogP) is 1.40. The van der Waals surface area contributed by atoms with Crippen molar-refractivity contribution in [2.75, 3.05) is 26.7 Å². The maximum Gasteiger partial charge on any atom is 0.237 e. The van der Waals surface area contributed by atoms with Gasteiger partial charge < -0.3 is 10.1 Å². The molecule has 0 aromatic heterocycles. The molecule has 1 aliphatic rings. The van der Waals surface area contributed by atoms with Crippen LogP contribution in [0.1, 0.15) is 39.5 Å².